The van der Waals surface area contributed by atoms with Crippen LogP contribution in [0, 0.1) is 0 Å². The van der Waals surface area contributed by atoms with Gasteiger partial charge in [-0.15, -0.1) is 0 Å². The molecule has 2 rings (SSSR count). The summed E-state index contributed by atoms with van der Waals surface area (Å²) in [4.78, 5) is 19.9. The van der Waals surface area contributed by atoms with Crippen molar-refractivity contribution < 1.29 is 0 Å². The summed E-state index contributed by atoms with van der Waals surface area (Å²) < 4.78 is 0. The average Bonchev–Trinajstić information content (AvgIpc) is 2.66. The highest BCUT2D eigenvalue weighted by molar-refractivity contribution is 5.58. The molecule has 1 aliphatic heterocycles. The quantitative estimate of drug-likeness (QED) is 0.562. The second kappa shape index (κ2) is 3.21. The lowest BCUT2D eigenvalue weighted by Crippen LogP contribution is -2.26. The number of H-pyrrole nitrogens is 1. The number of hydrogen-bond donors (Lipinski definition) is 3. The van der Waals surface area contributed by atoms with E-state index in [0.717, 1.165) is 25.9 Å². The number of aromatic amines is 1. The lowest BCUT2D eigenvalue weighted by molar-refractivity contribution is 0.894. The minimum absolute atomic E-state index is 0.00653. The number of nitrogens with one attached hydrogen (secondary N) is 1. The molecule has 5 N–H and O–H groups in total. The highest BCUT2D eigenvalue weighted by atomic mass is 16.1. The van der Waals surface area contributed by atoms with Crippen LogP contribution in [0.25, 0.3) is 0 Å². The lowest BCUT2D eigenvalue weighted by atomic mass is 10.4. The highest BCUT2D eigenvalue weighted by Gasteiger charge is 2.15. The monoisotopic (exact) mass is 195 g/mol. The molecule has 0 spiro atoms. The van der Waals surface area contributed by atoms with Gasteiger partial charge in [0.25, 0.3) is 5.56 Å². The summed E-state index contributed by atoms with van der Waals surface area (Å²) in [5.74, 6) is 0.634. The second-order valence-electron chi connectivity index (χ2n) is 3.38. The Labute approximate surface area is 80.9 Å². The van der Waals surface area contributed by atoms with Gasteiger partial charge in [0.1, 0.15) is 5.69 Å². The number of hydrogen-bond acceptors (Lipinski definition) is 5. The van der Waals surface area contributed by atoms with E-state index in [1.165, 1.54) is 0 Å². The third kappa shape index (κ3) is 1.39. The van der Waals surface area contributed by atoms with Crippen LogP contribution in [0.15, 0.2) is 4.79 Å². The molecule has 2 heterocycles. The van der Waals surface area contributed by atoms with Gasteiger partial charge in [-0.2, -0.15) is 4.98 Å². The summed E-state index contributed by atoms with van der Waals surface area (Å²) in [6.45, 7) is 1.82. The van der Waals surface area contributed by atoms with E-state index in [0.29, 0.717) is 5.95 Å². The van der Waals surface area contributed by atoms with Crippen LogP contribution in [0.5, 0.6) is 0 Å². The summed E-state index contributed by atoms with van der Waals surface area (Å²) in [6.07, 6.45) is 2.24. The molecule has 14 heavy (non-hydrogen) atoms. The van der Waals surface area contributed by atoms with Crippen LogP contribution in [0.1, 0.15) is 12.8 Å². The Morgan fingerprint density at radius 1 is 1.29 bits per heavy atom. The summed E-state index contributed by atoms with van der Waals surface area (Å²) in [7, 11) is 0. The van der Waals surface area contributed by atoms with Crippen LogP contribution < -0.4 is 21.9 Å². The van der Waals surface area contributed by atoms with Gasteiger partial charge in [0.15, 0.2) is 5.82 Å². The molecule has 1 aliphatic rings. The molecule has 0 unspecified atom stereocenters. The molecular weight excluding hydrogens is 182 g/mol. The number of nitrogens with zero attached hydrogens (tertiary/aromatic N) is 2. The smallest absolute Gasteiger partial charge is 0.277 e. The van der Waals surface area contributed by atoms with Crippen LogP contribution in [-0.4, -0.2) is 23.1 Å². The van der Waals surface area contributed by atoms with Gasteiger partial charge >= 0.3 is 0 Å². The van der Waals surface area contributed by atoms with Gasteiger partial charge in [0.05, 0.1) is 0 Å². The average molecular weight is 195 g/mol. The molecule has 6 nitrogen and oxygen atoms in total. The molecule has 6 heteroatoms. The fraction of sp³-hybridized carbons (Fsp3) is 0.500. The molecule has 0 amide bonds. The van der Waals surface area contributed by atoms with Crippen molar-refractivity contribution in [2.75, 3.05) is 29.5 Å². The third-order valence-electron chi connectivity index (χ3n) is 2.38. The number of rotatable bonds is 1. The molecule has 76 valence electrons. The van der Waals surface area contributed by atoms with E-state index in [9.17, 15) is 4.79 Å². The molecule has 0 aliphatic carbocycles. The van der Waals surface area contributed by atoms with Gasteiger partial charge in [-0.25, -0.2) is 0 Å². The van der Waals surface area contributed by atoms with Gasteiger partial charge in [-0.05, 0) is 12.8 Å². The van der Waals surface area contributed by atoms with Crippen LogP contribution in [0.2, 0.25) is 0 Å². The first-order chi connectivity index (χ1) is 6.68. The van der Waals surface area contributed by atoms with Crippen molar-refractivity contribution in [3.8, 4) is 0 Å². The maximum Gasteiger partial charge on any atom is 0.277 e. The molecular formula is C8H13N5O. The van der Waals surface area contributed by atoms with Crippen LogP contribution in [0.3, 0.4) is 0 Å². The summed E-state index contributed by atoms with van der Waals surface area (Å²) in [6, 6.07) is 0. The molecule has 0 atom stereocenters. The molecule has 0 radical (unpaired) electrons. The maximum atomic E-state index is 11.3. The zero-order chi connectivity index (χ0) is 10.1. The standard InChI is InChI=1S/C8H13N5O/c9-5-6(10)11-8(12-7(5)14)13-3-1-2-4-13/h1-4,9H2,(H3,10,11,12,14). The van der Waals surface area contributed by atoms with Gasteiger partial charge < -0.3 is 16.4 Å². The van der Waals surface area contributed by atoms with Gasteiger partial charge in [-0.1, -0.05) is 0 Å². The number of nitrogens with two attached hydrogens (primary N) is 2. The van der Waals surface area contributed by atoms with Crippen molar-refractivity contribution in [3.05, 3.63) is 10.4 Å². The Balaban J connectivity index is 2.39. The van der Waals surface area contributed by atoms with Gasteiger partial charge in [0, 0.05) is 13.1 Å². The van der Waals surface area contributed by atoms with Crippen molar-refractivity contribution in [2.45, 2.75) is 12.8 Å². The molecule has 1 aromatic heterocycles. The van der Waals surface area contributed by atoms with E-state index in [1.54, 1.807) is 0 Å². The minimum atomic E-state index is -0.362. The highest BCUT2D eigenvalue weighted by Crippen LogP contribution is 2.16. The van der Waals surface area contributed by atoms with Crippen LogP contribution in [0.4, 0.5) is 17.5 Å². The Morgan fingerprint density at radius 3 is 2.50 bits per heavy atom. The van der Waals surface area contributed by atoms with E-state index in [1.807, 2.05) is 4.90 Å². The molecule has 0 aromatic carbocycles. The van der Waals surface area contributed by atoms with E-state index >= 15 is 0 Å². The fourth-order valence-corrected chi connectivity index (χ4v) is 1.57. The van der Waals surface area contributed by atoms with E-state index in [4.69, 9.17) is 11.5 Å². The Morgan fingerprint density at radius 2 is 1.93 bits per heavy atom. The first-order valence-electron chi connectivity index (χ1n) is 4.58. The van der Waals surface area contributed by atoms with E-state index < -0.39 is 0 Å². The van der Waals surface area contributed by atoms with Gasteiger partial charge in [0.2, 0.25) is 5.95 Å². The fourth-order valence-electron chi connectivity index (χ4n) is 1.57. The normalized spacial score (nSPS) is 16.1. The number of nitrogen functional groups attached to an aromatic ring is 2. The number of aromatic nitrogens is 2. The SMILES string of the molecule is Nc1nc(N2CCCC2)[nH]c(=O)c1N. The summed E-state index contributed by atoms with van der Waals surface area (Å²) >= 11 is 0. The molecule has 1 fully saturated rings. The summed E-state index contributed by atoms with van der Waals surface area (Å²) in [5.41, 5.74) is 10.5. The Hall–Kier alpha value is -1.72. The predicted octanol–water partition coefficient (Wildman–Crippen LogP) is -0.465. The lowest BCUT2D eigenvalue weighted by Gasteiger charge is -2.15. The second-order valence-corrected chi connectivity index (χ2v) is 3.38. The van der Waals surface area contributed by atoms with E-state index in [2.05, 4.69) is 9.97 Å². The van der Waals surface area contributed by atoms with Crippen LogP contribution in [-0.2, 0) is 0 Å². The topological polar surface area (TPSA) is 101 Å². The number of anilines is 3. The summed E-state index contributed by atoms with van der Waals surface area (Å²) in [5, 5.41) is 0. The van der Waals surface area contributed by atoms with Crippen molar-refractivity contribution in [1.82, 2.24) is 9.97 Å². The largest absolute Gasteiger partial charge is 0.391 e. The van der Waals surface area contributed by atoms with Crippen molar-refractivity contribution in [3.63, 3.8) is 0 Å². The minimum Gasteiger partial charge on any atom is -0.391 e. The Kier molecular flexibility index (Phi) is 2.03. The van der Waals surface area contributed by atoms with Crippen molar-refractivity contribution in [1.29, 1.82) is 0 Å². The van der Waals surface area contributed by atoms with E-state index in [-0.39, 0.29) is 17.1 Å². The maximum absolute atomic E-state index is 11.3. The first kappa shape index (κ1) is 8.86. The molecule has 0 bridgehead atoms. The molecule has 1 aromatic rings. The van der Waals surface area contributed by atoms with Crippen molar-refractivity contribution in [2.24, 2.45) is 0 Å². The third-order valence-corrected chi connectivity index (χ3v) is 2.38. The van der Waals surface area contributed by atoms with Gasteiger partial charge in [-0.3, -0.25) is 9.78 Å². The van der Waals surface area contributed by atoms with Crippen molar-refractivity contribution >= 4 is 17.5 Å². The molecule has 1 saturated heterocycles. The van der Waals surface area contributed by atoms with Crippen LogP contribution >= 0.6 is 0 Å². The first-order valence-corrected chi connectivity index (χ1v) is 4.58. The predicted molar refractivity (Wildman–Crippen MR) is 55.1 cm³/mol. The Bertz CT molecular complexity index is 393. The zero-order valence-corrected chi connectivity index (χ0v) is 7.79. The molecule has 0 saturated carbocycles. The zero-order valence-electron chi connectivity index (χ0n) is 7.79.